The molecule has 0 saturated carbocycles. The lowest BCUT2D eigenvalue weighted by Gasteiger charge is -2.45. The van der Waals surface area contributed by atoms with Crippen molar-refractivity contribution in [3.8, 4) is 0 Å². The number of ketones is 1. The van der Waals surface area contributed by atoms with Gasteiger partial charge in [0.25, 0.3) is 0 Å². The van der Waals surface area contributed by atoms with Gasteiger partial charge in [0.2, 0.25) is 0 Å². The molecule has 31 heavy (non-hydrogen) atoms. The summed E-state index contributed by atoms with van der Waals surface area (Å²) >= 11 is 0. The van der Waals surface area contributed by atoms with Gasteiger partial charge in [-0.3, -0.25) is 19.6 Å². The molecule has 2 aliphatic heterocycles. The lowest BCUT2D eigenvalue weighted by atomic mass is 9.87. The third kappa shape index (κ3) is 5.20. The summed E-state index contributed by atoms with van der Waals surface area (Å²) in [5.41, 5.74) is 1.01. The van der Waals surface area contributed by atoms with Crippen molar-refractivity contribution in [1.29, 1.82) is 0 Å². The van der Waals surface area contributed by atoms with Gasteiger partial charge >= 0.3 is 0 Å². The van der Waals surface area contributed by atoms with E-state index in [1.165, 1.54) is 24.1 Å². The summed E-state index contributed by atoms with van der Waals surface area (Å²) in [6.07, 6.45) is 8.48. The molecule has 0 spiro atoms. The van der Waals surface area contributed by atoms with Gasteiger partial charge in [-0.2, -0.15) is 0 Å². The Balaban J connectivity index is 1.36. The van der Waals surface area contributed by atoms with Gasteiger partial charge in [-0.25, -0.2) is 4.39 Å². The minimum Gasteiger partial charge on any atom is -0.388 e. The number of carbonyl (C=O) groups is 1. The smallest absolute Gasteiger partial charge is 0.179 e. The molecule has 2 saturated heterocycles. The average Bonchev–Trinajstić information content (AvgIpc) is 2.80. The van der Waals surface area contributed by atoms with Gasteiger partial charge in [0.1, 0.15) is 5.82 Å². The molecular formula is C25H32FN3O2. The molecule has 0 bridgehead atoms. The molecule has 166 valence electrons. The van der Waals surface area contributed by atoms with E-state index >= 15 is 0 Å². The van der Waals surface area contributed by atoms with Crippen molar-refractivity contribution in [3.63, 3.8) is 0 Å². The van der Waals surface area contributed by atoms with Gasteiger partial charge in [-0.15, -0.1) is 0 Å². The van der Waals surface area contributed by atoms with E-state index in [-0.39, 0.29) is 17.6 Å². The summed E-state index contributed by atoms with van der Waals surface area (Å²) in [6.45, 7) is 4.90. The number of aromatic nitrogens is 1. The third-order valence-electron chi connectivity index (χ3n) is 6.96. The highest BCUT2D eigenvalue weighted by molar-refractivity contribution is 5.99. The molecule has 2 fully saturated rings. The van der Waals surface area contributed by atoms with E-state index in [0.29, 0.717) is 44.1 Å². The first-order chi connectivity index (χ1) is 15.0. The van der Waals surface area contributed by atoms with Crippen LogP contribution in [0.15, 0.2) is 48.8 Å². The summed E-state index contributed by atoms with van der Waals surface area (Å²) < 4.78 is 13.2. The van der Waals surface area contributed by atoms with Crippen molar-refractivity contribution in [2.75, 3.05) is 26.2 Å². The molecule has 5 nitrogen and oxygen atoms in total. The summed E-state index contributed by atoms with van der Waals surface area (Å²) in [5.74, 6) is -0.340. The van der Waals surface area contributed by atoms with Crippen LogP contribution in [0.4, 0.5) is 4.39 Å². The molecule has 1 aromatic heterocycles. The highest BCUT2D eigenvalue weighted by Crippen LogP contribution is 2.34. The SMILES string of the molecule is CC(C(=O)c1ccc(F)cc1)N1CCC(O)(CN2CCCCC2c2cccnc2)CC1. The van der Waals surface area contributed by atoms with Crippen LogP contribution in [0.1, 0.15) is 61.0 Å². The number of hydrogen-bond acceptors (Lipinski definition) is 5. The predicted molar refractivity (Wildman–Crippen MR) is 118 cm³/mol. The van der Waals surface area contributed by atoms with Gasteiger partial charge in [-0.1, -0.05) is 12.5 Å². The second-order valence-electron chi connectivity index (χ2n) is 9.08. The maximum absolute atomic E-state index is 13.2. The molecule has 0 amide bonds. The Bertz CT molecular complexity index is 866. The minimum atomic E-state index is -0.743. The normalized spacial score (nSPS) is 23.4. The lowest BCUT2D eigenvalue weighted by Crippen LogP contribution is -2.54. The van der Waals surface area contributed by atoms with Gasteiger partial charge in [-0.05, 0) is 75.0 Å². The van der Waals surface area contributed by atoms with Crippen molar-refractivity contribution in [2.45, 2.75) is 56.7 Å². The molecular weight excluding hydrogens is 393 g/mol. The maximum atomic E-state index is 13.2. The summed E-state index contributed by atoms with van der Waals surface area (Å²) in [5, 5.41) is 11.4. The van der Waals surface area contributed by atoms with Gasteiger partial charge in [0, 0.05) is 43.6 Å². The van der Waals surface area contributed by atoms with Crippen molar-refractivity contribution in [1.82, 2.24) is 14.8 Å². The Hall–Kier alpha value is -2.15. The standard InChI is InChI=1S/C25H32FN3O2/c1-19(24(30)20-7-9-22(26)10-8-20)28-15-11-25(31,12-16-28)18-29-14-3-2-6-23(29)21-5-4-13-27-17-21/h4-5,7-10,13,17,19,23,31H,2-3,6,11-12,14-16,18H2,1H3. The number of aliphatic hydroxyl groups is 1. The topological polar surface area (TPSA) is 56.7 Å². The molecule has 1 N–H and O–H groups in total. The van der Waals surface area contributed by atoms with Gasteiger partial charge < -0.3 is 5.11 Å². The van der Waals surface area contributed by atoms with Crippen LogP contribution in [0, 0.1) is 5.82 Å². The van der Waals surface area contributed by atoms with Crippen molar-refractivity contribution >= 4 is 5.78 Å². The van der Waals surface area contributed by atoms with E-state index < -0.39 is 5.60 Å². The molecule has 1 aromatic carbocycles. The van der Waals surface area contributed by atoms with Crippen molar-refractivity contribution in [3.05, 3.63) is 65.7 Å². The highest BCUT2D eigenvalue weighted by atomic mass is 19.1. The number of piperidine rings is 2. The number of carbonyl (C=O) groups excluding carboxylic acids is 1. The van der Waals surface area contributed by atoms with E-state index in [2.05, 4.69) is 20.9 Å². The molecule has 0 aliphatic carbocycles. The molecule has 4 rings (SSSR count). The van der Waals surface area contributed by atoms with Crippen LogP contribution >= 0.6 is 0 Å². The van der Waals surface area contributed by atoms with E-state index in [1.54, 1.807) is 18.3 Å². The van der Waals surface area contributed by atoms with E-state index in [9.17, 15) is 14.3 Å². The van der Waals surface area contributed by atoms with Crippen molar-refractivity contribution in [2.24, 2.45) is 0 Å². The van der Waals surface area contributed by atoms with Crippen LogP contribution in [-0.2, 0) is 0 Å². The molecule has 2 unspecified atom stereocenters. The number of benzene rings is 1. The summed E-state index contributed by atoms with van der Waals surface area (Å²) in [6, 6.07) is 9.88. The Labute approximate surface area is 183 Å². The first-order valence-corrected chi connectivity index (χ1v) is 11.4. The van der Waals surface area contributed by atoms with Crippen LogP contribution in [0.2, 0.25) is 0 Å². The van der Waals surface area contributed by atoms with Gasteiger partial charge in [0.05, 0.1) is 11.6 Å². The minimum absolute atomic E-state index is 0.00175. The first-order valence-electron chi connectivity index (χ1n) is 11.4. The van der Waals surface area contributed by atoms with Crippen LogP contribution in [-0.4, -0.2) is 63.5 Å². The van der Waals surface area contributed by atoms with Crippen molar-refractivity contribution < 1.29 is 14.3 Å². The zero-order valence-electron chi connectivity index (χ0n) is 18.2. The van der Waals surface area contributed by atoms with Crippen LogP contribution in [0.25, 0.3) is 0 Å². The second-order valence-corrected chi connectivity index (χ2v) is 9.08. The zero-order chi connectivity index (χ0) is 21.8. The monoisotopic (exact) mass is 425 g/mol. The molecule has 0 radical (unpaired) electrons. The average molecular weight is 426 g/mol. The number of Topliss-reactive ketones (excluding diaryl/α,β-unsaturated/α-hetero) is 1. The van der Waals surface area contributed by atoms with E-state index in [0.717, 1.165) is 19.4 Å². The Morgan fingerprint density at radius 1 is 1.19 bits per heavy atom. The number of likely N-dealkylation sites (tertiary alicyclic amines) is 2. The fraction of sp³-hybridized carbons (Fsp3) is 0.520. The molecule has 6 heteroatoms. The largest absolute Gasteiger partial charge is 0.388 e. The highest BCUT2D eigenvalue weighted by Gasteiger charge is 2.38. The van der Waals surface area contributed by atoms with Gasteiger partial charge in [0.15, 0.2) is 5.78 Å². The third-order valence-corrected chi connectivity index (χ3v) is 6.96. The Morgan fingerprint density at radius 3 is 2.61 bits per heavy atom. The summed E-state index contributed by atoms with van der Waals surface area (Å²) in [4.78, 5) is 21.6. The number of β-amino-alcohol motifs (C(OH)–C–C–N with tert-alkyl or cyclic N) is 1. The predicted octanol–water partition coefficient (Wildman–Crippen LogP) is 3.85. The lowest BCUT2D eigenvalue weighted by molar-refractivity contribution is -0.0619. The Morgan fingerprint density at radius 2 is 1.94 bits per heavy atom. The number of hydrogen-bond donors (Lipinski definition) is 1. The molecule has 2 aromatic rings. The molecule has 3 heterocycles. The van der Waals surface area contributed by atoms with Crippen LogP contribution < -0.4 is 0 Å². The quantitative estimate of drug-likeness (QED) is 0.713. The second kappa shape index (κ2) is 9.55. The Kier molecular flexibility index (Phi) is 6.80. The number of rotatable bonds is 6. The number of halogens is 1. The number of pyridine rings is 1. The first kappa shape index (κ1) is 22.1. The molecule has 2 aliphatic rings. The van der Waals surface area contributed by atoms with Crippen LogP contribution in [0.3, 0.4) is 0 Å². The van der Waals surface area contributed by atoms with Crippen LogP contribution in [0.5, 0.6) is 0 Å². The van der Waals surface area contributed by atoms with E-state index in [4.69, 9.17) is 0 Å². The van der Waals surface area contributed by atoms with E-state index in [1.807, 2.05) is 19.2 Å². The molecule has 2 atom stereocenters. The maximum Gasteiger partial charge on any atom is 0.179 e. The fourth-order valence-electron chi connectivity index (χ4n) is 5.02. The zero-order valence-corrected chi connectivity index (χ0v) is 18.2. The summed E-state index contributed by atoms with van der Waals surface area (Å²) in [7, 11) is 0. The fourth-order valence-corrected chi connectivity index (χ4v) is 5.02. The number of nitrogens with zero attached hydrogens (tertiary/aromatic N) is 3.